The molecular weight excluding hydrogens is 356 g/mol. The molecule has 0 aromatic carbocycles. The molecule has 0 spiro atoms. The van der Waals surface area contributed by atoms with E-state index in [0.717, 1.165) is 42.7 Å². The van der Waals surface area contributed by atoms with E-state index in [4.69, 9.17) is 0 Å². The fourth-order valence-corrected chi connectivity index (χ4v) is 8.69. The van der Waals surface area contributed by atoms with E-state index in [1.807, 2.05) is 11.1 Å². The van der Waals surface area contributed by atoms with Crippen LogP contribution in [0, 0.1) is 18.3 Å². The number of aryl methyl sites for hydroxylation is 2. The lowest BCUT2D eigenvalue weighted by Gasteiger charge is -2.25. The van der Waals surface area contributed by atoms with Gasteiger partial charge in [0.25, 0.3) is 0 Å². The zero-order valence-electron chi connectivity index (χ0n) is 13.1. The second-order valence-electron chi connectivity index (χ2n) is 6.92. The van der Waals surface area contributed by atoms with Crippen LogP contribution in [0.25, 0.3) is 0 Å². The summed E-state index contributed by atoms with van der Waals surface area (Å²) in [4.78, 5) is 4.95. The molecule has 0 amide bonds. The topological polar surface area (TPSA) is 93.2 Å². The van der Waals surface area contributed by atoms with Crippen molar-refractivity contribution in [3.8, 4) is 0 Å². The molecule has 2 aliphatic rings. The second kappa shape index (κ2) is 6.09. The molecule has 0 atom stereocenters. The summed E-state index contributed by atoms with van der Waals surface area (Å²) in [5.41, 5.74) is 2.27. The summed E-state index contributed by atoms with van der Waals surface area (Å²) in [5, 5.41) is 0. The summed E-state index contributed by atoms with van der Waals surface area (Å²) < 4.78 is 50.8. The third-order valence-electron chi connectivity index (χ3n) is 5.08. The van der Waals surface area contributed by atoms with Crippen LogP contribution >= 0.6 is 11.3 Å². The molecule has 23 heavy (non-hydrogen) atoms. The Morgan fingerprint density at radius 2 is 1.96 bits per heavy atom. The zero-order chi connectivity index (χ0) is 16.7. The van der Waals surface area contributed by atoms with Gasteiger partial charge >= 0.3 is 0 Å². The van der Waals surface area contributed by atoms with Crippen LogP contribution in [-0.2, 0) is 26.5 Å². The summed E-state index contributed by atoms with van der Waals surface area (Å²) in [5.74, 6) is 0.344. The van der Waals surface area contributed by atoms with Gasteiger partial charge in [0.2, 0.25) is 20.0 Å². The van der Waals surface area contributed by atoms with Crippen molar-refractivity contribution in [2.75, 3.05) is 11.5 Å². The van der Waals surface area contributed by atoms with E-state index < -0.39 is 20.0 Å². The largest absolute Gasteiger partial charge is 0.250 e. The third-order valence-corrected chi connectivity index (χ3v) is 9.84. The Balaban J connectivity index is 1.61. The number of sulfonamides is 2. The van der Waals surface area contributed by atoms with Crippen molar-refractivity contribution < 1.29 is 16.8 Å². The zero-order valence-corrected chi connectivity index (χ0v) is 15.6. The fraction of sp³-hybridized carbons (Fsp3) is 0.786. The van der Waals surface area contributed by atoms with Gasteiger partial charge in [-0.1, -0.05) is 0 Å². The molecular formula is C14H22N2O4S3. The molecule has 9 heteroatoms. The highest BCUT2D eigenvalue weighted by Crippen LogP contribution is 2.54. The first kappa shape index (κ1) is 17.3. The number of hydrogen-bond acceptors (Lipinski definition) is 6. The Labute approximate surface area is 141 Å². The minimum absolute atomic E-state index is 0.0602. The smallest absolute Gasteiger partial charge is 0.225 e. The molecule has 1 N–H and O–H groups in total. The number of hydrogen-bond donors (Lipinski definition) is 1. The summed E-state index contributed by atoms with van der Waals surface area (Å²) in [6.07, 6.45) is 5.17. The number of thiazole rings is 1. The molecule has 0 radical (unpaired) electrons. The van der Waals surface area contributed by atoms with E-state index in [1.54, 1.807) is 5.51 Å². The highest BCUT2D eigenvalue weighted by Gasteiger charge is 2.47. The first-order valence-corrected chi connectivity index (χ1v) is 12.0. The first-order valence-electron chi connectivity index (χ1n) is 7.82. The molecule has 2 saturated carbocycles. The predicted octanol–water partition coefficient (Wildman–Crippen LogP) is 1.82. The van der Waals surface area contributed by atoms with E-state index in [0.29, 0.717) is 5.92 Å². The Morgan fingerprint density at radius 3 is 2.48 bits per heavy atom. The molecule has 6 nitrogen and oxygen atoms in total. The van der Waals surface area contributed by atoms with Crippen molar-refractivity contribution in [3.63, 3.8) is 0 Å². The summed E-state index contributed by atoms with van der Waals surface area (Å²) in [7, 11) is -7.67. The highest BCUT2D eigenvalue weighted by molar-refractivity contribution is 8.04. The van der Waals surface area contributed by atoms with Gasteiger partial charge in [0.1, 0.15) is 0 Å². The molecule has 2 aliphatic carbocycles. The maximum atomic E-state index is 12.3. The van der Waals surface area contributed by atoms with Crippen molar-refractivity contribution >= 4 is 31.4 Å². The lowest BCUT2D eigenvalue weighted by atomic mass is 9.87. The van der Waals surface area contributed by atoms with Crippen LogP contribution in [0.2, 0.25) is 0 Å². The SMILES string of the molecule is Cc1ncsc1CCS(=O)(=O)NS(=O)(=O)CC12CCC(CC1)C2. The Kier molecular flexibility index (Phi) is 4.59. The van der Waals surface area contributed by atoms with E-state index in [-0.39, 0.29) is 23.3 Å². The van der Waals surface area contributed by atoms with E-state index in [1.165, 1.54) is 11.3 Å². The molecule has 1 heterocycles. The van der Waals surface area contributed by atoms with E-state index in [2.05, 4.69) is 4.98 Å². The predicted molar refractivity (Wildman–Crippen MR) is 90.3 cm³/mol. The standard InChI is InChI=1S/C14H22N2O4S3/c1-11-13(21-10-15-11)4-7-22(17,18)16-23(19,20)9-14-5-2-12(8-14)3-6-14/h10,12,16H,2-9H2,1H3. The van der Waals surface area contributed by atoms with Gasteiger partial charge in [-0.3, -0.25) is 0 Å². The van der Waals surface area contributed by atoms with Crippen LogP contribution in [0.5, 0.6) is 0 Å². The van der Waals surface area contributed by atoms with E-state index >= 15 is 0 Å². The first-order chi connectivity index (χ1) is 10.7. The van der Waals surface area contributed by atoms with Crippen LogP contribution in [0.4, 0.5) is 0 Å². The lowest BCUT2D eigenvalue weighted by Crippen LogP contribution is -2.39. The number of aromatic nitrogens is 1. The summed E-state index contributed by atoms with van der Waals surface area (Å²) in [6, 6.07) is 0. The summed E-state index contributed by atoms with van der Waals surface area (Å²) >= 11 is 1.39. The maximum Gasteiger partial charge on any atom is 0.225 e. The van der Waals surface area contributed by atoms with Gasteiger partial charge in [0.05, 0.1) is 22.7 Å². The molecule has 0 unspecified atom stereocenters. The van der Waals surface area contributed by atoms with Gasteiger partial charge < -0.3 is 0 Å². The summed E-state index contributed by atoms with van der Waals surface area (Å²) in [6.45, 7) is 1.82. The van der Waals surface area contributed by atoms with Gasteiger partial charge in [0.15, 0.2) is 0 Å². The van der Waals surface area contributed by atoms with Crippen LogP contribution < -0.4 is 4.13 Å². The Bertz CT molecular complexity index is 775. The fourth-order valence-electron chi connectivity index (χ4n) is 3.97. The van der Waals surface area contributed by atoms with Gasteiger partial charge in [-0.05, 0) is 56.8 Å². The van der Waals surface area contributed by atoms with Crippen LogP contribution in [-0.4, -0.2) is 33.3 Å². The molecule has 0 saturated heterocycles. The molecule has 2 bridgehead atoms. The van der Waals surface area contributed by atoms with Gasteiger partial charge in [0, 0.05) is 4.88 Å². The molecule has 3 rings (SSSR count). The number of nitrogens with zero attached hydrogens (tertiary/aromatic N) is 1. The lowest BCUT2D eigenvalue weighted by molar-refractivity contribution is 0.333. The normalized spacial score (nSPS) is 27.6. The van der Waals surface area contributed by atoms with Crippen molar-refractivity contribution in [3.05, 3.63) is 16.1 Å². The molecule has 130 valence electrons. The molecule has 2 fully saturated rings. The van der Waals surface area contributed by atoms with Crippen molar-refractivity contribution in [1.82, 2.24) is 9.11 Å². The number of nitrogens with one attached hydrogen (secondary N) is 1. The Hall–Kier alpha value is -0.510. The maximum absolute atomic E-state index is 12.3. The van der Waals surface area contributed by atoms with Crippen molar-refractivity contribution in [1.29, 1.82) is 0 Å². The van der Waals surface area contributed by atoms with Crippen LogP contribution in [0.3, 0.4) is 0 Å². The Morgan fingerprint density at radius 1 is 1.26 bits per heavy atom. The average molecular weight is 379 g/mol. The van der Waals surface area contributed by atoms with Crippen LogP contribution in [0.1, 0.15) is 42.7 Å². The molecule has 0 aliphatic heterocycles. The minimum atomic E-state index is -3.85. The van der Waals surface area contributed by atoms with Crippen molar-refractivity contribution in [2.24, 2.45) is 11.3 Å². The number of fused-ring (bicyclic) bond motifs is 2. The van der Waals surface area contributed by atoms with Crippen LogP contribution in [0.15, 0.2) is 5.51 Å². The van der Waals surface area contributed by atoms with Gasteiger partial charge in [-0.2, -0.15) is 0 Å². The van der Waals surface area contributed by atoms with Gasteiger partial charge in [-0.25, -0.2) is 21.8 Å². The second-order valence-corrected chi connectivity index (χ2v) is 11.7. The highest BCUT2D eigenvalue weighted by atomic mass is 32.3. The third kappa shape index (κ3) is 4.12. The quantitative estimate of drug-likeness (QED) is 0.781. The van der Waals surface area contributed by atoms with Gasteiger partial charge in [-0.15, -0.1) is 15.5 Å². The number of rotatable bonds is 7. The average Bonchev–Trinajstić information content (AvgIpc) is 3.10. The molecule has 1 aromatic rings. The monoisotopic (exact) mass is 378 g/mol. The minimum Gasteiger partial charge on any atom is -0.250 e. The van der Waals surface area contributed by atoms with E-state index in [9.17, 15) is 16.8 Å². The molecule has 1 aromatic heterocycles. The van der Waals surface area contributed by atoms with Crippen molar-refractivity contribution in [2.45, 2.75) is 45.4 Å².